The molecule has 0 saturated carbocycles. The molecule has 11 nitrogen and oxygen atoms in total. The van der Waals surface area contributed by atoms with Crippen LogP contribution in [0.15, 0.2) is 84.0 Å². The molecule has 2 aromatic carbocycles. The lowest BCUT2D eigenvalue weighted by Crippen LogP contribution is -2.52. The Labute approximate surface area is 329 Å². The van der Waals surface area contributed by atoms with Crippen LogP contribution in [0.3, 0.4) is 0 Å². The predicted molar refractivity (Wildman–Crippen MR) is 212 cm³/mol. The number of ether oxygens (including phenoxy) is 3. The van der Waals surface area contributed by atoms with Crippen LogP contribution in [-0.2, 0) is 32.5 Å². The van der Waals surface area contributed by atoms with Crippen LogP contribution >= 0.6 is 11.6 Å². The molecule has 3 aromatic rings. The Kier molecular flexibility index (Phi) is 13.1. The molecule has 2 N–H and O–H groups in total. The van der Waals surface area contributed by atoms with Crippen LogP contribution in [0.4, 0.5) is 0 Å². The Morgan fingerprint density at radius 3 is 2.56 bits per heavy atom. The molecular formula is C42H52ClN3O8S. The van der Waals surface area contributed by atoms with E-state index in [0.717, 1.165) is 56.2 Å². The van der Waals surface area contributed by atoms with Gasteiger partial charge in [0.05, 0.1) is 16.0 Å². The summed E-state index contributed by atoms with van der Waals surface area (Å²) in [6.07, 6.45) is 13.7. The van der Waals surface area contributed by atoms with Crippen LogP contribution in [0.2, 0.25) is 5.02 Å². The van der Waals surface area contributed by atoms with Crippen LogP contribution in [0, 0.1) is 5.41 Å². The number of allylic oxidation sites excluding steroid dienone is 2. The Hall–Kier alpha value is -3.78. The van der Waals surface area contributed by atoms with E-state index in [9.17, 15) is 23.4 Å². The first-order chi connectivity index (χ1) is 26.3. The number of aliphatic hydroxyl groups is 1. The average molecular weight is 794 g/mol. The number of halogens is 1. The zero-order chi connectivity index (χ0) is 39.2. The van der Waals surface area contributed by atoms with Gasteiger partial charge in [-0.25, -0.2) is 8.42 Å². The summed E-state index contributed by atoms with van der Waals surface area (Å²) in [5.41, 5.74) is 1.98. The van der Waals surface area contributed by atoms with Crippen LogP contribution in [0.5, 0.6) is 11.5 Å². The van der Waals surface area contributed by atoms with E-state index < -0.39 is 32.9 Å². The zero-order valence-corrected chi connectivity index (χ0v) is 33.4. The summed E-state index contributed by atoms with van der Waals surface area (Å²) in [5, 5.41) is 20.3. The quantitative estimate of drug-likeness (QED) is 0.155. The minimum absolute atomic E-state index is 0.00881. The standard InChI is InChI=1S/C42H52ClN3O8S/c1-41(2)35(31-11-5-4-6-12-31)13-9-16-42(41,54-20-10-17-45-19-15-33(47)27-45)29-53-39-23-38(52-28-30-21-34(25-44-24-30)55(3,50)51)32(22-36(39)43)26-46-18-8-7-14-37(46)40(48)49/h4-6,9,11-13,16,21-25,33,37,47H,7-8,10,14-15,17-20,26-29H2,1-3H3,(H,48,49)/t33-,37+,42?/m1/s1. The number of hydrogen-bond donors (Lipinski definition) is 2. The molecule has 0 radical (unpaired) electrons. The highest BCUT2D eigenvalue weighted by molar-refractivity contribution is 7.90. The van der Waals surface area contributed by atoms with Gasteiger partial charge in [-0.2, -0.15) is 0 Å². The fraction of sp³-hybridized carbons (Fsp3) is 0.476. The summed E-state index contributed by atoms with van der Waals surface area (Å²) in [6.45, 7) is 8.17. The molecule has 0 spiro atoms. The van der Waals surface area contributed by atoms with Gasteiger partial charge in [0.1, 0.15) is 36.4 Å². The van der Waals surface area contributed by atoms with E-state index in [1.54, 1.807) is 18.3 Å². The van der Waals surface area contributed by atoms with Crippen molar-refractivity contribution >= 4 is 33.0 Å². The maximum atomic E-state index is 12.2. The molecular weight excluding hydrogens is 742 g/mol. The number of aromatic nitrogens is 1. The Morgan fingerprint density at radius 1 is 1.04 bits per heavy atom. The third-order valence-electron chi connectivity index (χ3n) is 11.1. The number of aliphatic carboxylic acids is 1. The number of likely N-dealkylation sites (tertiary alicyclic amines) is 2. The topological polar surface area (TPSA) is 139 Å². The second kappa shape index (κ2) is 17.6. The number of benzene rings is 2. The Morgan fingerprint density at radius 2 is 1.84 bits per heavy atom. The van der Waals surface area contributed by atoms with Gasteiger partial charge in [0, 0.05) is 74.0 Å². The number of sulfone groups is 1. The van der Waals surface area contributed by atoms with Crippen molar-refractivity contribution in [1.82, 2.24) is 14.8 Å². The third kappa shape index (κ3) is 9.79. The number of piperidine rings is 1. The van der Waals surface area contributed by atoms with Crippen LogP contribution < -0.4 is 9.47 Å². The number of carboxylic acid groups (broad SMARTS) is 1. The maximum absolute atomic E-state index is 12.2. The lowest BCUT2D eigenvalue weighted by Gasteiger charge is -2.47. The van der Waals surface area contributed by atoms with Gasteiger partial charge in [-0.3, -0.25) is 14.7 Å². The average Bonchev–Trinajstić information content (AvgIpc) is 3.58. The van der Waals surface area contributed by atoms with Crippen LogP contribution in [-0.4, -0.2) is 103 Å². The minimum Gasteiger partial charge on any atom is -0.488 e. The molecule has 55 heavy (non-hydrogen) atoms. The SMILES string of the molecule is CC1(C)C(c2ccccc2)=CC=CC1(COc1cc(OCc2cncc(S(C)(=O)=O)c2)c(CN2CCCC[C@H]2C(=O)O)cc1Cl)OCCCN1CC[C@@H](O)C1. The van der Waals surface area contributed by atoms with E-state index >= 15 is 0 Å². The van der Waals surface area contributed by atoms with E-state index in [1.807, 2.05) is 29.2 Å². The van der Waals surface area contributed by atoms with Crippen molar-refractivity contribution in [3.05, 3.63) is 101 Å². The van der Waals surface area contributed by atoms with Crippen molar-refractivity contribution in [3.8, 4) is 11.5 Å². The first kappa shape index (κ1) is 40.9. The zero-order valence-electron chi connectivity index (χ0n) is 31.8. The second-order valence-electron chi connectivity index (χ2n) is 15.4. The van der Waals surface area contributed by atoms with Gasteiger partial charge in [0.2, 0.25) is 0 Å². The summed E-state index contributed by atoms with van der Waals surface area (Å²) in [5.74, 6) is -0.0665. The number of nitrogens with zero attached hydrogens (tertiary/aromatic N) is 3. The Balaban J connectivity index is 1.29. The highest BCUT2D eigenvalue weighted by atomic mass is 35.5. The first-order valence-electron chi connectivity index (χ1n) is 18.9. The Bertz CT molecular complexity index is 1990. The molecule has 296 valence electrons. The number of aliphatic hydroxyl groups excluding tert-OH is 1. The molecule has 1 aliphatic carbocycles. The largest absolute Gasteiger partial charge is 0.488 e. The number of rotatable bonds is 16. The van der Waals surface area contributed by atoms with E-state index in [4.69, 9.17) is 25.8 Å². The van der Waals surface area contributed by atoms with Crippen molar-refractivity contribution in [1.29, 1.82) is 0 Å². The highest BCUT2D eigenvalue weighted by Crippen LogP contribution is 2.49. The molecule has 3 aliphatic rings. The summed E-state index contributed by atoms with van der Waals surface area (Å²) < 4.78 is 44.4. The minimum atomic E-state index is -3.48. The van der Waals surface area contributed by atoms with Crippen LogP contribution in [0.1, 0.15) is 62.6 Å². The fourth-order valence-corrected chi connectivity index (χ4v) is 8.65. The summed E-state index contributed by atoms with van der Waals surface area (Å²) in [6, 6.07) is 14.6. The molecule has 2 saturated heterocycles. The van der Waals surface area contributed by atoms with Crippen molar-refractivity contribution < 1.29 is 37.6 Å². The summed E-state index contributed by atoms with van der Waals surface area (Å²) in [7, 11) is -3.48. The molecule has 1 aromatic heterocycles. The number of β-amino-alcohol motifs (C(OH)–C–C–N with tert-alkyl or cyclic N) is 1. The highest BCUT2D eigenvalue weighted by Gasteiger charge is 2.49. The smallest absolute Gasteiger partial charge is 0.320 e. The number of carboxylic acids is 1. The fourth-order valence-electron chi connectivity index (χ4n) is 7.79. The second-order valence-corrected chi connectivity index (χ2v) is 17.8. The van der Waals surface area contributed by atoms with Gasteiger partial charge in [0.15, 0.2) is 9.84 Å². The molecule has 13 heteroatoms. The van der Waals surface area contributed by atoms with Gasteiger partial charge in [-0.1, -0.05) is 74.4 Å². The third-order valence-corrected chi connectivity index (χ3v) is 12.5. The van der Waals surface area contributed by atoms with Crippen molar-refractivity contribution in [2.45, 2.75) is 81.7 Å². The predicted octanol–water partition coefficient (Wildman–Crippen LogP) is 6.43. The lowest BCUT2D eigenvalue weighted by molar-refractivity contribution is -0.144. The molecule has 6 rings (SSSR count). The van der Waals surface area contributed by atoms with Gasteiger partial charge in [-0.05, 0) is 61.6 Å². The molecule has 2 fully saturated rings. The normalized spacial score (nSPS) is 23.0. The lowest BCUT2D eigenvalue weighted by atomic mass is 9.65. The van der Waals surface area contributed by atoms with Gasteiger partial charge < -0.3 is 29.3 Å². The van der Waals surface area contributed by atoms with E-state index in [0.29, 0.717) is 53.8 Å². The van der Waals surface area contributed by atoms with Gasteiger partial charge in [0.25, 0.3) is 0 Å². The van der Waals surface area contributed by atoms with E-state index in [1.165, 1.54) is 12.3 Å². The van der Waals surface area contributed by atoms with Crippen molar-refractivity contribution in [3.63, 3.8) is 0 Å². The van der Waals surface area contributed by atoms with Crippen molar-refractivity contribution in [2.24, 2.45) is 5.41 Å². The molecule has 3 heterocycles. The molecule has 0 bridgehead atoms. The monoisotopic (exact) mass is 793 g/mol. The van der Waals surface area contributed by atoms with E-state index in [2.05, 4.69) is 48.0 Å². The molecule has 3 atom stereocenters. The summed E-state index contributed by atoms with van der Waals surface area (Å²) in [4.78, 5) is 20.6. The summed E-state index contributed by atoms with van der Waals surface area (Å²) >= 11 is 6.99. The van der Waals surface area contributed by atoms with Gasteiger partial charge >= 0.3 is 5.97 Å². The number of hydrogen-bond acceptors (Lipinski definition) is 10. The molecule has 0 amide bonds. The number of pyridine rings is 1. The van der Waals surface area contributed by atoms with Gasteiger partial charge in [-0.15, -0.1) is 0 Å². The van der Waals surface area contributed by atoms with Crippen molar-refractivity contribution in [2.75, 3.05) is 45.6 Å². The van der Waals surface area contributed by atoms with Crippen LogP contribution in [0.25, 0.3) is 5.57 Å². The first-order valence-corrected chi connectivity index (χ1v) is 21.2. The maximum Gasteiger partial charge on any atom is 0.320 e. The van der Waals surface area contributed by atoms with E-state index in [-0.39, 0.29) is 30.8 Å². The molecule has 2 aliphatic heterocycles. The number of carbonyl (C=O) groups is 1. The molecule has 1 unspecified atom stereocenters.